The molecule has 26 heavy (non-hydrogen) atoms. The Morgan fingerprint density at radius 3 is 2.81 bits per heavy atom. The number of aryl methyl sites for hydroxylation is 2. The van der Waals surface area contributed by atoms with Crippen molar-refractivity contribution in [2.24, 2.45) is 10.8 Å². The molecular weight excluding hydrogens is 372 g/mol. The van der Waals surface area contributed by atoms with E-state index >= 15 is 0 Å². The van der Waals surface area contributed by atoms with Crippen LogP contribution in [-0.4, -0.2) is 16.7 Å². The van der Waals surface area contributed by atoms with Crippen LogP contribution in [0.25, 0.3) is 0 Å². The summed E-state index contributed by atoms with van der Waals surface area (Å²) in [6.45, 7) is 3.74. The van der Waals surface area contributed by atoms with Crippen molar-refractivity contribution in [1.29, 1.82) is 0 Å². The molecule has 0 aliphatic heterocycles. The number of halogens is 1. The van der Waals surface area contributed by atoms with Crippen molar-refractivity contribution in [2.75, 3.05) is 5.32 Å². The molecule has 0 bridgehead atoms. The Labute approximate surface area is 161 Å². The maximum Gasteiger partial charge on any atom is 0.291 e. The summed E-state index contributed by atoms with van der Waals surface area (Å²) < 4.78 is 5.86. The van der Waals surface area contributed by atoms with Gasteiger partial charge in [0.1, 0.15) is 5.76 Å². The van der Waals surface area contributed by atoms with E-state index < -0.39 is 0 Å². The summed E-state index contributed by atoms with van der Waals surface area (Å²) in [6.07, 6.45) is 2.41. The quantitative estimate of drug-likeness (QED) is 0.549. The molecule has 0 fully saturated rings. The van der Waals surface area contributed by atoms with Gasteiger partial charge >= 0.3 is 0 Å². The molecule has 1 amide bonds. The van der Waals surface area contributed by atoms with Crippen molar-refractivity contribution < 1.29 is 9.21 Å². The van der Waals surface area contributed by atoms with Gasteiger partial charge in [0.2, 0.25) is 0 Å². The van der Waals surface area contributed by atoms with Gasteiger partial charge in [-0.3, -0.25) is 10.2 Å². The van der Waals surface area contributed by atoms with Gasteiger partial charge in [0, 0.05) is 28.3 Å². The van der Waals surface area contributed by atoms with Gasteiger partial charge < -0.3 is 15.5 Å². The molecule has 0 radical (unpaired) electrons. The van der Waals surface area contributed by atoms with Crippen LogP contribution in [0.3, 0.4) is 0 Å². The molecule has 0 spiro atoms. The van der Waals surface area contributed by atoms with Crippen LogP contribution in [0.5, 0.6) is 0 Å². The van der Waals surface area contributed by atoms with E-state index in [1.54, 1.807) is 18.2 Å². The molecule has 1 heterocycles. The summed E-state index contributed by atoms with van der Waals surface area (Å²) in [4.78, 5) is 12.7. The number of furan rings is 1. The van der Waals surface area contributed by atoms with Crippen LogP contribution in [0.2, 0.25) is 5.02 Å². The minimum atomic E-state index is -0.302. The first kappa shape index (κ1) is 18.4. The Bertz CT molecular complexity index is 920. The first-order chi connectivity index (χ1) is 12.4. The second kappa shape index (κ2) is 7.47. The molecule has 3 rings (SSSR count). The van der Waals surface area contributed by atoms with Gasteiger partial charge in [-0.15, -0.1) is 0 Å². The van der Waals surface area contributed by atoms with Gasteiger partial charge in [-0.1, -0.05) is 11.6 Å². The van der Waals surface area contributed by atoms with Gasteiger partial charge in [-0.05, 0) is 62.7 Å². The highest BCUT2D eigenvalue weighted by Gasteiger charge is 2.28. The minimum absolute atomic E-state index is 0.0990. The number of carbonyl (C=O) groups excluding carboxylic acids is 1. The highest BCUT2D eigenvalue weighted by atomic mass is 35.5. The summed E-state index contributed by atoms with van der Waals surface area (Å²) in [5.41, 5.74) is 12.0. The number of benzene rings is 1. The number of nitrogens with zero attached hydrogens (tertiary/aromatic N) is 1. The van der Waals surface area contributed by atoms with Crippen LogP contribution in [0, 0.1) is 13.8 Å². The highest BCUT2D eigenvalue weighted by molar-refractivity contribution is 7.80. The minimum Gasteiger partial charge on any atom is -0.455 e. The maximum atomic E-state index is 12.7. The third kappa shape index (κ3) is 3.73. The number of nitrogens with one attached hydrogen (secondary N) is 2. The molecule has 136 valence electrons. The van der Waals surface area contributed by atoms with E-state index in [1.165, 1.54) is 0 Å². The average Bonchev–Trinajstić information content (AvgIpc) is 2.93. The maximum absolute atomic E-state index is 12.7. The fourth-order valence-corrected chi connectivity index (χ4v) is 3.34. The third-order valence-electron chi connectivity index (χ3n) is 4.27. The second-order valence-corrected chi connectivity index (χ2v) is 7.03. The van der Waals surface area contributed by atoms with Gasteiger partial charge in [-0.25, -0.2) is 0 Å². The van der Waals surface area contributed by atoms with E-state index in [9.17, 15) is 4.79 Å². The number of nitrogens with two attached hydrogens (primary N) is 1. The Hall–Kier alpha value is -2.38. The fraction of sp³-hybridized carbons (Fsp3) is 0.278. The molecule has 0 unspecified atom stereocenters. The lowest BCUT2D eigenvalue weighted by Crippen LogP contribution is -2.26. The lowest BCUT2D eigenvalue weighted by atomic mass is 9.93. The molecule has 2 aromatic rings. The predicted octanol–water partition coefficient (Wildman–Crippen LogP) is 3.68. The second-order valence-electron chi connectivity index (χ2n) is 6.16. The molecule has 8 heteroatoms. The van der Waals surface area contributed by atoms with E-state index in [0.717, 1.165) is 47.4 Å². The van der Waals surface area contributed by atoms with Crippen LogP contribution >= 0.6 is 23.8 Å². The van der Waals surface area contributed by atoms with Crippen molar-refractivity contribution in [3.05, 3.63) is 51.4 Å². The normalized spacial score (nSPS) is 14.8. The number of carbonyl (C=O) groups is 1. The van der Waals surface area contributed by atoms with E-state index in [2.05, 4.69) is 15.8 Å². The molecule has 0 saturated carbocycles. The SMILES string of the molecule is Cc1cc(Cl)ccc1NC(=O)c1oc2c(c1C)/C(=N/NC(N)=S)CCC2. The number of amides is 1. The van der Waals surface area contributed by atoms with E-state index in [1.807, 2.05) is 13.8 Å². The monoisotopic (exact) mass is 390 g/mol. The van der Waals surface area contributed by atoms with E-state index in [-0.39, 0.29) is 16.8 Å². The van der Waals surface area contributed by atoms with Gasteiger partial charge in [0.15, 0.2) is 10.9 Å². The first-order valence-electron chi connectivity index (χ1n) is 8.19. The molecule has 0 atom stereocenters. The topological polar surface area (TPSA) is 92.6 Å². The van der Waals surface area contributed by atoms with Crippen LogP contribution in [0.15, 0.2) is 27.7 Å². The Morgan fingerprint density at radius 1 is 1.35 bits per heavy atom. The standard InChI is InChI=1S/C18H19ClN4O2S/c1-9-8-11(19)6-7-12(9)21-17(24)16-10(2)15-13(22-23-18(20)26)4-3-5-14(15)25-16/h6-8H,3-5H2,1-2H3,(H,21,24)(H3,20,23,26)/b22-13+. The number of rotatable bonds is 3. The smallest absolute Gasteiger partial charge is 0.291 e. The van der Waals surface area contributed by atoms with Crippen molar-refractivity contribution in [3.8, 4) is 0 Å². The number of hydrogen-bond donors (Lipinski definition) is 3. The number of anilines is 1. The summed E-state index contributed by atoms with van der Waals surface area (Å²) in [7, 11) is 0. The van der Waals surface area contributed by atoms with E-state index in [0.29, 0.717) is 10.7 Å². The lowest BCUT2D eigenvalue weighted by molar-refractivity contribution is 0.0994. The fourth-order valence-electron chi connectivity index (χ4n) is 3.07. The van der Waals surface area contributed by atoms with Crippen LogP contribution in [0.4, 0.5) is 5.69 Å². The zero-order valence-electron chi connectivity index (χ0n) is 14.5. The zero-order valence-corrected chi connectivity index (χ0v) is 16.1. The molecule has 0 saturated heterocycles. The lowest BCUT2D eigenvalue weighted by Gasteiger charge is -2.13. The Kier molecular flexibility index (Phi) is 5.29. The number of hydrogen-bond acceptors (Lipinski definition) is 4. The molecule has 1 aliphatic rings. The van der Waals surface area contributed by atoms with Gasteiger partial charge in [0.05, 0.1) is 5.71 Å². The molecule has 1 aromatic heterocycles. The first-order valence-corrected chi connectivity index (χ1v) is 8.97. The summed E-state index contributed by atoms with van der Waals surface area (Å²) in [6, 6.07) is 5.30. The summed E-state index contributed by atoms with van der Waals surface area (Å²) >= 11 is 10.8. The van der Waals surface area contributed by atoms with Crippen LogP contribution in [-0.2, 0) is 6.42 Å². The number of fused-ring (bicyclic) bond motifs is 1. The Balaban J connectivity index is 1.91. The third-order valence-corrected chi connectivity index (χ3v) is 4.60. The molecule has 4 N–H and O–H groups in total. The Morgan fingerprint density at radius 2 is 2.12 bits per heavy atom. The van der Waals surface area contributed by atoms with Crippen molar-refractivity contribution in [1.82, 2.24) is 5.43 Å². The predicted molar refractivity (Wildman–Crippen MR) is 107 cm³/mol. The summed E-state index contributed by atoms with van der Waals surface area (Å²) in [5, 5.41) is 7.86. The van der Waals surface area contributed by atoms with E-state index in [4.69, 9.17) is 34.0 Å². The van der Waals surface area contributed by atoms with Crippen LogP contribution < -0.4 is 16.5 Å². The highest BCUT2D eigenvalue weighted by Crippen LogP contribution is 2.30. The average molecular weight is 391 g/mol. The number of thiocarbonyl (C=S) groups is 1. The van der Waals surface area contributed by atoms with Crippen molar-refractivity contribution >= 4 is 46.2 Å². The van der Waals surface area contributed by atoms with Crippen LogP contribution in [0.1, 0.15) is 45.8 Å². The van der Waals surface area contributed by atoms with Gasteiger partial charge in [0.25, 0.3) is 5.91 Å². The summed E-state index contributed by atoms with van der Waals surface area (Å²) in [5.74, 6) is 0.744. The molecule has 6 nitrogen and oxygen atoms in total. The zero-order chi connectivity index (χ0) is 18.8. The molecular formula is C18H19ClN4O2S. The van der Waals surface area contributed by atoms with Crippen molar-refractivity contribution in [3.63, 3.8) is 0 Å². The van der Waals surface area contributed by atoms with Gasteiger partial charge in [-0.2, -0.15) is 5.10 Å². The molecule has 1 aliphatic carbocycles. The molecule has 1 aromatic carbocycles. The number of hydrazone groups is 1. The van der Waals surface area contributed by atoms with Crippen molar-refractivity contribution in [2.45, 2.75) is 33.1 Å². The largest absolute Gasteiger partial charge is 0.455 e.